The van der Waals surface area contributed by atoms with E-state index in [1.54, 1.807) is 17.4 Å². The van der Waals surface area contributed by atoms with Gasteiger partial charge < -0.3 is 0 Å². The molecule has 0 saturated heterocycles. The van der Waals surface area contributed by atoms with E-state index in [-0.39, 0.29) is 5.82 Å². The molecule has 0 fully saturated rings. The Balaban J connectivity index is 1.84. The first-order chi connectivity index (χ1) is 9.31. The molecule has 0 radical (unpaired) electrons. The predicted molar refractivity (Wildman–Crippen MR) is 76.8 cm³/mol. The van der Waals surface area contributed by atoms with Crippen molar-refractivity contribution < 1.29 is 4.39 Å². The Hall–Kier alpha value is -2.00. The second-order valence-corrected chi connectivity index (χ2v) is 5.24. The van der Waals surface area contributed by atoms with Crippen molar-refractivity contribution in [1.82, 2.24) is 4.98 Å². The van der Waals surface area contributed by atoms with E-state index < -0.39 is 0 Å². The molecule has 0 aliphatic rings. The second kappa shape index (κ2) is 5.33. The largest absolute Gasteiger partial charge is 0.241 e. The van der Waals surface area contributed by atoms with Crippen LogP contribution in [0.4, 0.5) is 4.39 Å². The lowest BCUT2D eigenvalue weighted by molar-refractivity contribution is 0.628. The molecule has 0 bridgehead atoms. The molecule has 2 aromatic carbocycles. The Bertz CT molecular complexity index is 676. The van der Waals surface area contributed by atoms with Gasteiger partial charge in [-0.1, -0.05) is 42.5 Å². The summed E-state index contributed by atoms with van der Waals surface area (Å²) in [6.45, 7) is 0. The van der Waals surface area contributed by atoms with E-state index in [9.17, 15) is 4.39 Å². The van der Waals surface area contributed by atoms with Gasteiger partial charge in [-0.05, 0) is 17.7 Å². The van der Waals surface area contributed by atoms with Gasteiger partial charge in [0, 0.05) is 17.4 Å². The van der Waals surface area contributed by atoms with Gasteiger partial charge in [-0.25, -0.2) is 9.37 Å². The first-order valence-electron chi connectivity index (χ1n) is 6.05. The van der Waals surface area contributed by atoms with Gasteiger partial charge >= 0.3 is 0 Å². The van der Waals surface area contributed by atoms with Gasteiger partial charge in [-0.15, -0.1) is 11.3 Å². The topological polar surface area (TPSA) is 12.9 Å². The Labute approximate surface area is 115 Å². The molecule has 0 spiro atoms. The summed E-state index contributed by atoms with van der Waals surface area (Å²) in [5.74, 6) is -0.227. The van der Waals surface area contributed by atoms with Crippen LogP contribution in [-0.2, 0) is 6.42 Å². The van der Waals surface area contributed by atoms with Gasteiger partial charge in [-0.2, -0.15) is 0 Å². The van der Waals surface area contributed by atoms with Crippen LogP contribution in [0.1, 0.15) is 10.6 Å². The fourth-order valence-electron chi connectivity index (χ4n) is 1.94. The van der Waals surface area contributed by atoms with Crippen LogP contribution in [0.15, 0.2) is 60.0 Å². The van der Waals surface area contributed by atoms with Crippen LogP contribution >= 0.6 is 11.3 Å². The summed E-state index contributed by atoms with van der Waals surface area (Å²) in [7, 11) is 0. The molecular formula is C16H12FNS. The maximum Gasteiger partial charge on any atom is 0.123 e. The lowest BCUT2D eigenvalue weighted by Gasteiger charge is -1.97. The molecular weight excluding hydrogens is 257 g/mol. The summed E-state index contributed by atoms with van der Waals surface area (Å²) in [4.78, 5) is 4.57. The zero-order valence-corrected chi connectivity index (χ0v) is 11.0. The van der Waals surface area contributed by atoms with E-state index in [0.717, 1.165) is 22.7 Å². The lowest BCUT2D eigenvalue weighted by Crippen LogP contribution is -1.87. The lowest BCUT2D eigenvalue weighted by atomic mass is 10.1. The fraction of sp³-hybridized carbons (Fsp3) is 0.0625. The summed E-state index contributed by atoms with van der Waals surface area (Å²) in [5.41, 5.74) is 2.91. The van der Waals surface area contributed by atoms with Crippen molar-refractivity contribution in [3.63, 3.8) is 0 Å². The number of thiazole rings is 1. The minimum Gasteiger partial charge on any atom is -0.241 e. The Morgan fingerprint density at radius 2 is 1.84 bits per heavy atom. The molecule has 1 aromatic heterocycles. The molecule has 3 heteroatoms. The van der Waals surface area contributed by atoms with Gasteiger partial charge in [0.25, 0.3) is 0 Å². The number of benzene rings is 2. The van der Waals surface area contributed by atoms with Gasteiger partial charge in [0.15, 0.2) is 0 Å². The third-order valence-corrected chi connectivity index (χ3v) is 3.72. The molecule has 0 amide bonds. The normalized spacial score (nSPS) is 10.6. The zero-order valence-electron chi connectivity index (χ0n) is 10.2. The van der Waals surface area contributed by atoms with Crippen LogP contribution in [0.25, 0.3) is 11.3 Å². The number of nitrogens with zero attached hydrogens (tertiary/aromatic N) is 1. The summed E-state index contributed by atoms with van der Waals surface area (Å²) >= 11 is 1.61. The molecule has 1 nitrogen and oxygen atoms in total. The Morgan fingerprint density at radius 3 is 2.63 bits per heavy atom. The summed E-state index contributed by atoms with van der Waals surface area (Å²) in [5, 5.41) is 3.03. The molecule has 3 rings (SSSR count). The molecule has 1 heterocycles. The third-order valence-electron chi connectivity index (χ3n) is 2.87. The van der Waals surface area contributed by atoms with E-state index >= 15 is 0 Å². The quantitative estimate of drug-likeness (QED) is 0.680. The highest BCUT2D eigenvalue weighted by atomic mass is 32.1. The van der Waals surface area contributed by atoms with Gasteiger partial charge in [0.2, 0.25) is 0 Å². The molecule has 94 valence electrons. The van der Waals surface area contributed by atoms with E-state index in [4.69, 9.17) is 0 Å². The highest BCUT2D eigenvalue weighted by Gasteiger charge is 2.06. The number of hydrogen-bond acceptors (Lipinski definition) is 2. The highest BCUT2D eigenvalue weighted by molar-refractivity contribution is 7.10. The highest BCUT2D eigenvalue weighted by Crippen LogP contribution is 2.23. The standard InChI is InChI=1S/C16H12FNS/c17-14-8-4-7-13(10-14)15-11-19-16(18-15)9-12-5-2-1-3-6-12/h1-8,10-11H,9H2. The van der Waals surface area contributed by atoms with E-state index in [0.29, 0.717) is 0 Å². The first kappa shape index (κ1) is 12.1. The SMILES string of the molecule is Fc1cccc(-c2csc(Cc3ccccc3)n2)c1. The molecule has 0 aliphatic carbocycles. The number of hydrogen-bond donors (Lipinski definition) is 0. The smallest absolute Gasteiger partial charge is 0.123 e. The van der Waals surface area contributed by atoms with E-state index in [1.807, 2.05) is 29.6 Å². The predicted octanol–water partition coefficient (Wildman–Crippen LogP) is 4.54. The molecule has 3 aromatic rings. The second-order valence-electron chi connectivity index (χ2n) is 4.30. The van der Waals surface area contributed by atoms with Crippen molar-refractivity contribution in [2.24, 2.45) is 0 Å². The van der Waals surface area contributed by atoms with Gasteiger partial charge in [0.1, 0.15) is 5.82 Å². The van der Waals surface area contributed by atoms with Crippen molar-refractivity contribution in [2.75, 3.05) is 0 Å². The van der Waals surface area contributed by atoms with Crippen molar-refractivity contribution in [3.05, 3.63) is 76.4 Å². The summed E-state index contributed by atoms with van der Waals surface area (Å²) < 4.78 is 13.2. The minimum atomic E-state index is -0.227. The Morgan fingerprint density at radius 1 is 1.00 bits per heavy atom. The average molecular weight is 269 g/mol. The summed E-state index contributed by atoms with van der Waals surface area (Å²) in [6.07, 6.45) is 0.820. The molecule has 0 saturated carbocycles. The maximum absolute atomic E-state index is 13.2. The number of rotatable bonds is 3. The molecule has 19 heavy (non-hydrogen) atoms. The average Bonchev–Trinajstić information content (AvgIpc) is 2.88. The van der Waals surface area contributed by atoms with E-state index in [1.165, 1.54) is 17.7 Å². The van der Waals surface area contributed by atoms with Crippen LogP contribution in [0.2, 0.25) is 0 Å². The van der Waals surface area contributed by atoms with Crippen molar-refractivity contribution in [1.29, 1.82) is 0 Å². The number of halogens is 1. The fourth-order valence-corrected chi connectivity index (χ4v) is 2.78. The maximum atomic E-state index is 13.2. The van der Waals surface area contributed by atoms with Crippen LogP contribution in [0.3, 0.4) is 0 Å². The van der Waals surface area contributed by atoms with Crippen LogP contribution in [0.5, 0.6) is 0 Å². The number of aromatic nitrogens is 1. The summed E-state index contributed by atoms with van der Waals surface area (Å²) in [6, 6.07) is 16.8. The molecule has 0 aliphatic heterocycles. The monoisotopic (exact) mass is 269 g/mol. The zero-order chi connectivity index (χ0) is 13.1. The van der Waals surface area contributed by atoms with Crippen molar-refractivity contribution in [3.8, 4) is 11.3 Å². The van der Waals surface area contributed by atoms with Gasteiger partial charge in [0.05, 0.1) is 10.7 Å². The minimum absolute atomic E-state index is 0.227. The van der Waals surface area contributed by atoms with Gasteiger partial charge in [-0.3, -0.25) is 0 Å². The first-order valence-corrected chi connectivity index (χ1v) is 6.93. The molecule has 0 atom stereocenters. The van der Waals surface area contributed by atoms with Crippen LogP contribution < -0.4 is 0 Å². The van der Waals surface area contributed by atoms with Crippen molar-refractivity contribution in [2.45, 2.75) is 6.42 Å². The Kier molecular flexibility index (Phi) is 3.38. The van der Waals surface area contributed by atoms with Crippen molar-refractivity contribution >= 4 is 11.3 Å². The molecule has 0 unspecified atom stereocenters. The molecule has 0 N–H and O–H groups in total. The van der Waals surface area contributed by atoms with Crippen LogP contribution in [0, 0.1) is 5.82 Å². The van der Waals surface area contributed by atoms with Crippen LogP contribution in [-0.4, -0.2) is 4.98 Å². The van der Waals surface area contributed by atoms with E-state index in [2.05, 4.69) is 17.1 Å². The third kappa shape index (κ3) is 2.88.